The maximum Gasteiger partial charge on any atom is 0.420 e. The van der Waals surface area contributed by atoms with E-state index in [-0.39, 0.29) is 24.3 Å². The van der Waals surface area contributed by atoms with Crippen LogP contribution in [0.25, 0.3) is 0 Å². The minimum Gasteiger partial charge on any atom is -0.490 e. The third-order valence-corrected chi connectivity index (χ3v) is 6.29. The van der Waals surface area contributed by atoms with Gasteiger partial charge in [0.1, 0.15) is 23.7 Å². The average molecular weight is 460 g/mol. The maximum absolute atomic E-state index is 13.3. The van der Waals surface area contributed by atoms with Crippen molar-refractivity contribution in [1.82, 2.24) is 4.90 Å². The summed E-state index contributed by atoms with van der Waals surface area (Å²) < 4.78 is 63.4. The topological polar surface area (TPSA) is 81.9 Å². The Bertz CT molecular complexity index is 847. The number of amides is 1. The van der Waals surface area contributed by atoms with E-state index >= 15 is 0 Å². The van der Waals surface area contributed by atoms with Gasteiger partial charge in [-0.3, -0.25) is 9.59 Å². The number of rotatable bonds is 6. The zero-order chi connectivity index (χ0) is 23.7. The van der Waals surface area contributed by atoms with Crippen LogP contribution in [0.3, 0.4) is 0 Å². The van der Waals surface area contributed by atoms with Crippen molar-refractivity contribution in [3.05, 3.63) is 29.6 Å². The molecule has 32 heavy (non-hydrogen) atoms. The van der Waals surface area contributed by atoms with E-state index < -0.39 is 40.9 Å². The summed E-state index contributed by atoms with van der Waals surface area (Å²) in [5.41, 5.74) is 4.32. The summed E-state index contributed by atoms with van der Waals surface area (Å²) in [5, 5.41) is 0. The highest BCUT2D eigenvalue weighted by atomic mass is 19.4. The Morgan fingerprint density at radius 1 is 1.25 bits per heavy atom. The number of piperidine rings is 1. The molecular weight excluding hydrogens is 432 g/mol. The van der Waals surface area contributed by atoms with E-state index in [0.717, 1.165) is 12.1 Å². The molecular formula is C22H28F4N2O4. The Labute approximate surface area is 184 Å². The first-order valence-electron chi connectivity index (χ1n) is 10.6. The number of hydrogen-bond acceptors (Lipinski definition) is 5. The summed E-state index contributed by atoms with van der Waals surface area (Å²) in [6.07, 6.45) is -3.18. The largest absolute Gasteiger partial charge is 0.490 e. The van der Waals surface area contributed by atoms with Gasteiger partial charge >= 0.3 is 12.1 Å². The first-order valence-corrected chi connectivity index (χ1v) is 10.6. The molecule has 6 nitrogen and oxygen atoms in total. The third-order valence-electron chi connectivity index (χ3n) is 6.29. The highest BCUT2D eigenvalue weighted by Crippen LogP contribution is 2.39. The summed E-state index contributed by atoms with van der Waals surface area (Å²) >= 11 is 0. The number of nitrogens with zero attached hydrogens (tertiary/aromatic N) is 1. The van der Waals surface area contributed by atoms with Crippen LogP contribution in [0.15, 0.2) is 18.2 Å². The first kappa shape index (κ1) is 24.3. The van der Waals surface area contributed by atoms with Crippen molar-refractivity contribution in [3.8, 4) is 5.75 Å². The van der Waals surface area contributed by atoms with Crippen LogP contribution in [0.4, 0.5) is 17.6 Å². The van der Waals surface area contributed by atoms with E-state index in [2.05, 4.69) is 0 Å². The zero-order valence-corrected chi connectivity index (χ0v) is 18.1. The molecule has 0 radical (unpaired) electrons. The van der Waals surface area contributed by atoms with Crippen molar-refractivity contribution in [2.24, 2.45) is 17.6 Å². The summed E-state index contributed by atoms with van der Waals surface area (Å²) in [5.74, 6) is -2.04. The van der Waals surface area contributed by atoms with Crippen LogP contribution in [0.1, 0.15) is 45.1 Å². The fraction of sp³-hybridized carbons (Fsp3) is 0.636. The van der Waals surface area contributed by atoms with Crippen LogP contribution in [-0.4, -0.2) is 48.1 Å². The van der Waals surface area contributed by atoms with Crippen LogP contribution in [0.5, 0.6) is 5.75 Å². The Hall–Kier alpha value is -2.36. The predicted octanol–water partition coefficient (Wildman–Crippen LogP) is 3.52. The molecule has 1 atom stereocenters. The lowest BCUT2D eigenvalue weighted by Crippen LogP contribution is -2.60. The van der Waals surface area contributed by atoms with Crippen molar-refractivity contribution in [2.45, 2.75) is 57.3 Å². The van der Waals surface area contributed by atoms with Crippen molar-refractivity contribution >= 4 is 11.9 Å². The lowest BCUT2D eigenvalue weighted by Gasteiger charge is -2.46. The van der Waals surface area contributed by atoms with E-state index in [4.69, 9.17) is 15.2 Å². The number of carbonyl (C=O) groups is 2. The molecule has 0 bridgehead atoms. The van der Waals surface area contributed by atoms with Crippen molar-refractivity contribution in [3.63, 3.8) is 0 Å². The van der Waals surface area contributed by atoms with E-state index in [1.807, 2.05) is 0 Å². The van der Waals surface area contributed by atoms with Crippen molar-refractivity contribution in [2.75, 3.05) is 19.7 Å². The van der Waals surface area contributed by atoms with Crippen molar-refractivity contribution in [1.29, 1.82) is 0 Å². The number of likely N-dealkylation sites (tertiary alicyclic amines) is 1. The molecule has 0 aromatic heterocycles. The number of carbonyl (C=O) groups excluding carboxylic acids is 2. The number of benzene rings is 1. The second kappa shape index (κ2) is 9.25. The van der Waals surface area contributed by atoms with Crippen LogP contribution >= 0.6 is 0 Å². The van der Waals surface area contributed by atoms with Crippen LogP contribution in [-0.2, 0) is 20.5 Å². The molecule has 3 rings (SSSR count). The molecule has 2 N–H and O–H groups in total. The molecule has 10 heteroatoms. The fourth-order valence-corrected chi connectivity index (χ4v) is 4.43. The quantitative estimate of drug-likeness (QED) is 0.519. The van der Waals surface area contributed by atoms with Gasteiger partial charge in [-0.1, -0.05) is 0 Å². The Morgan fingerprint density at radius 2 is 1.88 bits per heavy atom. The minimum atomic E-state index is -4.72. The monoisotopic (exact) mass is 460 g/mol. The number of nitrogens with two attached hydrogens (primary N) is 1. The molecule has 1 aromatic rings. The van der Waals surface area contributed by atoms with Gasteiger partial charge in [0, 0.05) is 25.9 Å². The standard InChI is InChI=1S/C22H28F4N2O4/c1-13(32-19-4-3-17(23)9-18(19)22(24,25)26)15-5-7-28(8-6-15)20(30)16-10-21(27,11-16)12-31-14(2)29/h3-4,9,13,15-16H,5-8,10-12,27H2,1-2H3. The lowest BCUT2D eigenvalue weighted by molar-refractivity contribution is -0.149. The summed E-state index contributed by atoms with van der Waals surface area (Å²) in [6.45, 7) is 4.04. The van der Waals surface area contributed by atoms with Gasteiger partial charge in [0.25, 0.3) is 0 Å². The van der Waals surface area contributed by atoms with Gasteiger partial charge < -0.3 is 20.1 Å². The molecule has 1 saturated heterocycles. The van der Waals surface area contributed by atoms with Crippen molar-refractivity contribution < 1.29 is 36.6 Å². The molecule has 1 aliphatic carbocycles. The molecule has 1 aliphatic heterocycles. The predicted molar refractivity (Wildman–Crippen MR) is 107 cm³/mol. The molecule has 178 valence electrons. The highest BCUT2D eigenvalue weighted by molar-refractivity contribution is 5.80. The minimum absolute atomic E-state index is 0.00110. The van der Waals surface area contributed by atoms with Gasteiger partial charge in [0.2, 0.25) is 5.91 Å². The number of esters is 1. The van der Waals surface area contributed by atoms with E-state index in [1.165, 1.54) is 6.92 Å². The molecule has 2 fully saturated rings. The molecule has 0 spiro atoms. The molecule has 2 aliphatic rings. The van der Waals surface area contributed by atoms with Crippen LogP contribution in [0, 0.1) is 17.7 Å². The van der Waals surface area contributed by atoms with Crippen LogP contribution in [0.2, 0.25) is 0 Å². The third kappa shape index (κ3) is 5.70. The number of alkyl halides is 3. The van der Waals surface area contributed by atoms with Gasteiger partial charge in [-0.05, 0) is 56.7 Å². The maximum atomic E-state index is 13.3. The van der Waals surface area contributed by atoms with Gasteiger partial charge in [0.15, 0.2) is 0 Å². The number of halogens is 4. The smallest absolute Gasteiger partial charge is 0.420 e. The van der Waals surface area contributed by atoms with Gasteiger partial charge in [-0.15, -0.1) is 0 Å². The van der Waals surface area contributed by atoms with E-state index in [0.29, 0.717) is 44.8 Å². The normalized spacial score (nSPS) is 25.1. The molecule has 1 aromatic carbocycles. The number of hydrogen-bond donors (Lipinski definition) is 1. The molecule has 1 amide bonds. The number of ether oxygens (including phenoxy) is 2. The second-order valence-electron chi connectivity index (χ2n) is 8.87. The lowest BCUT2D eigenvalue weighted by atomic mass is 9.68. The Kier molecular flexibility index (Phi) is 7.02. The highest BCUT2D eigenvalue weighted by Gasteiger charge is 2.47. The SMILES string of the molecule is CC(=O)OCC1(N)CC(C(=O)N2CCC(C(C)Oc3ccc(F)cc3C(F)(F)F)CC2)C1. The summed E-state index contributed by atoms with van der Waals surface area (Å²) in [6, 6.07) is 2.37. The van der Waals surface area contributed by atoms with Crippen LogP contribution < -0.4 is 10.5 Å². The van der Waals surface area contributed by atoms with Gasteiger partial charge in [0.05, 0.1) is 11.6 Å². The fourth-order valence-electron chi connectivity index (χ4n) is 4.43. The molecule has 1 saturated carbocycles. The molecule has 1 heterocycles. The zero-order valence-electron chi connectivity index (χ0n) is 18.1. The molecule has 1 unspecified atom stereocenters. The summed E-state index contributed by atoms with van der Waals surface area (Å²) in [4.78, 5) is 25.4. The Balaban J connectivity index is 1.50. The average Bonchev–Trinajstić information content (AvgIpc) is 2.70. The first-order chi connectivity index (χ1) is 14.9. The Morgan fingerprint density at radius 3 is 2.44 bits per heavy atom. The van der Waals surface area contributed by atoms with E-state index in [9.17, 15) is 27.2 Å². The second-order valence-corrected chi connectivity index (χ2v) is 8.87. The summed E-state index contributed by atoms with van der Waals surface area (Å²) in [7, 11) is 0. The van der Waals surface area contributed by atoms with Gasteiger partial charge in [-0.25, -0.2) is 4.39 Å². The van der Waals surface area contributed by atoms with E-state index in [1.54, 1.807) is 11.8 Å². The van der Waals surface area contributed by atoms with Gasteiger partial charge in [-0.2, -0.15) is 13.2 Å².